The van der Waals surface area contributed by atoms with Crippen LogP contribution in [0.5, 0.6) is 11.5 Å². The second kappa shape index (κ2) is 8.68. The van der Waals surface area contributed by atoms with Crippen molar-refractivity contribution in [2.24, 2.45) is 0 Å². The number of hydrogen-bond acceptors (Lipinski definition) is 6. The molecular weight excluding hydrogens is 420 g/mol. The molecule has 8 heteroatoms. The molecule has 0 atom stereocenters. The number of halogens is 1. The fourth-order valence-electron chi connectivity index (χ4n) is 2.31. The summed E-state index contributed by atoms with van der Waals surface area (Å²) in [4.78, 5) is 15.6. The zero-order valence-electron chi connectivity index (χ0n) is 14.1. The van der Waals surface area contributed by atoms with Crippen LogP contribution in [-0.2, 0) is 0 Å². The smallest absolute Gasteiger partial charge is 0.335 e. The number of carboxylic acids is 1. The normalized spacial score (nSPS) is 9.92. The van der Waals surface area contributed by atoms with Crippen LogP contribution in [0.15, 0.2) is 47.8 Å². The molecular formula is C18H17BrN2O4S. The highest BCUT2D eigenvalue weighted by Gasteiger charge is 2.10. The predicted octanol–water partition coefficient (Wildman–Crippen LogP) is 4.85. The Labute approximate surface area is 165 Å². The van der Waals surface area contributed by atoms with E-state index in [4.69, 9.17) is 14.6 Å². The number of carbonyl (C=O) groups is 1. The van der Waals surface area contributed by atoms with Gasteiger partial charge < -0.3 is 19.9 Å². The van der Waals surface area contributed by atoms with Crippen molar-refractivity contribution >= 4 is 45.1 Å². The topological polar surface area (TPSA) is 80.7 Å². The average molecular weight is 437 g/mol. The number of aromatic nitrogens is 1. The van der Waals surface area contributed by atoms with Gasteiger partial charge in [-0.1, -0.05) is 6.07 Å². The third-order valence-electron chi connectivity index (χ3n) is 3.54. The number of nitrogens with one attached hydrogen (secondary N) is 1. The molecule has 2 aromatic carbocycles. The van der Waals surface area contributed by atoms with E-state index in [2.05, 4.69) is 10.3 Å². The first-order valence-electron chi connectivity index (χ1n) is 7.39. The Morgan fingerprint density at radius 3 is 2.58 bits per heavy atom. The Kier molecular flexibility index (Phi) is 6.59. The minimum absolute atomic E-state index is 0. The summed E-state index contributed by atoms with van der Waals surface area (Å²) >= 11 is 1.44. The molecule has 0 aliphatic rings. The molecule has 0 saturated heterocycles. The zero-order chi connectivity index (χ0) is 17.8. The van der Waals surface area contributed by atoms with Gasteiger partial charge in [0.1, 0.15) is 0 Å². The minimum atomic E-state index is -0.964. The largest absolute Gasteiger partial charge is 0.493 e. The quantitative estimate of drug-likeness (QED) is 0.574. The first-order chi connectivity index (χ1) is 12.1. The van der Waals surface area contributed by atoms with Gasteiger partial charge in [0.15, 0.2) is 16.6 Å². The molecule has 0 radical (unpaired) electrons. The summed E-state index contributed by atoms with van der Waals surface area (Å²) in [7, 11) is 3.18. The number of methoxy groups -OCH3 is 2. The second-order valence-electron chi connectivity index (χ2n) is 5.12. The maximum absolute atomic E-state index is 11.0. The van der Waals surface area contributed by atoms with Gasteiger partial charge in [0, 0.05) is 16.6 Å². The Morgan fingerprint density at radius 2 is 1.88 bits per heavy atom. The maximum Gasteiger partial charge on any atom is 0.335 e. The standard InChI is InChI=1S/C18H16N2O4S.BrH/c1-23-15-7-6-11(9-16(15)24-2)14-10-25-18(20-14)19-13-5-3-4-12(8-13)17(21)22;/h3-10H,1-2H3,(H,19,20)(H,21,22);1H. The molecule has 2 N–H and O–H groups in total. The SMILES string of the molecule is Br.COc1ccc(-c2csc(Nc3cccc(C(=O)O)c3)n2)cc1OC. The van der Waals surface area contributed by atoms with Crippen LogP contribution in [0.2, 0.25) is 0 Å². The van der Waals surface area contributed by atoms with Crippen molar-refractivity contribution in [1.82, 2.24) is 4.98 Å². The van der Waals surface area contributed by atoms with Gasteiger partial charge in [-0.25, -0.2) is 9.78 Å². The zero-order valence-corrected chi connectivity index (χ0v) is 16.6. The number of ether oxygens (including phenoxy) is 2. The molecule has 1 heterocycles. The molecule has 26 heavy (non-hydrogen) atoms. The molecule has 3 rings (SSSR count). The number of nitrogens with zero attached hydrogens (tertiary/aromatic N) is 1. The van der Waals surface area contributed by atoms with Crippen molar-refractivity contribution in [3.05, 3.63) is 53.4 Å². The summed E-state index contributed by atoms with van der Waals surface area (Å²) in [5.74, 6) is 0.329. The van der Waals surface area contributed by atoms with Crippen LogP contribution in [-0.4, -0.2) is 30.3 Å². The first kappa shape index (κ1) is 19.7. The van der Waals surface area contributed by atoms with Gasteiger partial charge in [-0.15, -0.1) is 28.3 Å². The Morgan fingerprint density at radius 1 is 1.12 bits per heavy atom. The van der Waals surface area contributed by atoms with Crippen molar-refractivity contribution in [2.75, 3.05) is 19.5 Å². The molecule has 0 aliphatic heterocycles. The number of carboxylic acid groups (broad SMARTS) is 1. The lowest BCUT2D eigenvalue weighted by molar-refractivity contribution is 0.0697. The highest BCUT2D eigenvalue weighted by Crippen LogP contribution is 2.34. The number of anilines is 2. The summed E-state index contributed by atoms with van der Waals surface area (Å²) in [6.45, 7) is 0. The van der Waals surface area contributed by atoms with Crippen molar-refractivity contribution < 1.29 is 19.4 Å². The lowest BCUT2D eigenvalue weighted by Crippen LogP contribution is -1.97. The van der Waals surface area contributed by atoms with Crippen LogP contribution in [0.3, 0.4) is 0 Å². The van der Waals surface area contributed by atoms with E-state index in [1.807, 2.05) is 23.6 Å². The predicted molar refractivity (Wildman–Crippen MR) is 108 cm³/mol. The molecule has 6 nitrogen and oxygen atoms in total. The minimum Gasteiger partial charge on any atom is -0.493 e. The van der Waals surface area contributed by atoms with E-state index in [1.165, 1.54) is 11.3 Å². The van der Waals surface area contributed by atoms with Crippen LogP contribution in [0.25, 0.3) is 11.3 Å². The molecule has 0 amide bonds. The van der Waals surface area contributed by atoms with Gasteiger partial charge in [-0.05, 0) is 36.4 Å². The maximum atomic E-state index is 11.0. The fourth-order valence-corrected chi connectivity index (χ4v) is 3.05. The van der Waals surface area contributed by atoms with E-state index >= 15 is 0 Å². The van der Waals surface area contributed by atoms with Crippen molar-refractivity contribution in [1.29, 1.82) is 0 Å². The third kappa shape index (κ3) is 4.33. The van der Waals surface area contributed by atoms with Gasteiger partial charge in [-0.2, -0.15) is 0 Å². The van der Waals surface area contributed by atoms with E-state index in [-0.39, 0.29) is 22.5 Å². The summed E-state index contributed by atoms with van der Waals surface area (Å²) in [5, 5.41) is 14.8. The third-order valence-corrected chi connectivity index (χ3v) is 4.30. The van der Waals surface area contributed by atoms with E-state index in [0.29, 0.717) is 22.3 Å². The van der Waals surface area contributed by atoms with Gasteiger partial charge in [0.05, 0.1) is 25.5 Å². The highest BCUT2D eigenvalue weighted by atomic mass is 79.9. The molecule has 0 unspecified atom stereocenters. The number of benzene rings is 2. The Hall–Kier alpha value is -2.58. The van der Waals surface area contributed by atoms with Crippen molar-refractivity contribution in [2.45, 2.75) is 0 Å². The monoisotopic (exact) mass is 436 g/mol. The molecule has 0 saturated carbocycles. The van der Waals surface area contributed by atoms with Crippen LogP contribution in [0.1, 0.15) is 10.4 Å². The number of thiazole rings is 1. The first-order valence-corrected chi connectivity index (χ1v) is 8.27. The average Bonchev–Trinajstić information content (AvgIpc) is 3.09. The van der Waals surface area contributed by atoms with E-state index < -0.39 is 5.97 Å². The van der Waals surface area contributed by atoms with Crippen molar-refractivity contribution in [3.63, 3.8) is 0 Å². The molecule has 3 aromatic rings. The Balaban J connectivity index is 0.00000243. The Bertz CT molecular complexity index is 914. The lowest BCUT2D eigenvalue weighted by atomic mass is 10.1. The molecule has 0 fully saturated rings. The summed E-state index contributed by atoms with van der Waals surface area (Å²) in [6, 6.07) is 12.2. The van der Waals surface area contributed by atoms with Gasteiger partial charge in [0.25, 0.3) is 0 Å². The summed E-state index contributed by atoms with van der Waals surface area (Å²) < 4.78 is 10.6. The van der Waals surface area contributed by atoms with Crippen LogP contribution >= 0.6 is 28.3 Å². The molecule has 0 aliphatic carbocycles. The van der Waals surface area contributed by atoms with Crippen molar-refractivity contribution in [3.8, 4) is 22.8 Å². The van der Waals surface area contributed by atoms with E-state index in [1.54, 1.807) is 38.5 Å². The molecule has 136 valence electrons. The van der Waals surface area contributed by atoms with Crippen LogP contribution in [0, 0.1) is 0 Å². The van der Waals surface area contributed by atoms with Gasteiger partial charge in [0.2, 0.25) is 0 Å². The molecule has 0 bridgehead atoms. The molecule has 1 aromatic heterocycles. The van der Waals surface area contributed by atoms with E-state index in [9.17, 15) is 4.79 Å². The lowest BCUT2D eigenvalue weighted by Gasteiger charge is -2.08. The number of aromatic carboxylic acids is 1. The highest BCUT2D eigenvalue weighted by molar-refractivity contribution is 8.93. The molecule has 0 spiro atoms. The van der Waals surface area contributed by atoms with Crippen LogP contribution in [0.4, 0.5) is 10.8 Å². The van der Waals surface area contributed by atoms with E-state index in [0.717, 1.165) is 11.3 Å². The second-order valence-corrected chi connectivity index (χ2v) is 5.98. The summed E-state index contributed by atoms with van der Waals surface area (Å²) in [6.07, 6.45) is 0. The van der Waals surface area contributed by atoms with Crippen LogP contribution < -0.4 is 14.8 Å². The number of rotatable bonds is 6. The fraction of sp³-hybridized carbons (Fsp3) is 0.111. The van der Waals surface area contributed by atoms with Gasteiger partial charge in [-0.3, -0.25) is 0 Å². The van der Waals surface area contributed by atoms with Gasteiger partial charge >= 0.3 is 5.97 Å². The summed E-state index contributed by atoms with van der Waals surface area (Å²) in [5.41, 5.74) is 2.60. The number of hydrogen-bond donors (Lipinski definition) is 2.